The molecule has 1 aromatic rings. The van der Waals surface area contributed by atoms with Crippen LogP contribution in [0.25, 0.3) is 0 Å². The van der Waals surface area contributed by atoms with Crippen LogP contribution in [-0.2, 0) is 4.79 Å². The van der Waals surface area contributed by atoms with Gasteiger partial charge in [-0.3, -0.25) is 14.5 Å². The summed E-state index contributed by atoms with van der Waals surface area (Å²) in [4.78, 5) is 44.7. The fraction of sp³-hybridized carbons (Fsp3) is 0.500. The van der Waals surface area contributed by atoms with E-state index in [1.807, 2.05) is 6.92 Å². The average Bonchev–Trinajstić information content (AvgIpc) is 2.56. The molecule has 0 atom stereocenters. The van der Waals surface area contributed by atoms with Crippen molar-refractivity contribution in [1.29, 1.82) is 0 Å². The monoisotopic (exact) mass is 336 g/mol. The third-order valence-electron chi connectivity index (χ3n) is 3.54. The number of aldehydes is 1. The summed E-state index contributed by atoms with van der Waals surface area (Å²) in [6.45, 7) is 3.85. The second kappa shape index (κ2) is 8.09. The summed E-state index contributed by atoms with van der Waals surface area (Å²) in [7, 11) is 0. The van der Waals surface area contributed by atoms with Crippen molar-refractivity contribution in [1.82, 2.24) is 19.8 Å². The highest BCUT2D eigenvalue weighted by molar-refractivity contribution is 5.83. The Hall–Kier alpha value is -2.91. The van der Waals surface area contributed by atoms with Crippen molar-refractivity contribution in [2.24, 2.45) is 0 Å². The normalized spacial score (nSPS) is 14.5. The number of amides is 2. The van der Waals surface area contributed by atoms with Crippen LogP contribution < -0.4 is 10.6 Å². The lowest BCUT2D eigenvalue weighted by atomic mass is 10.3. The quantitative estimate of drug-likeness (QED) is 0.592. The number of nitrogens with one attached hydrogen (secondary N) is 2. The minimum atomic E-state index is -1.09. The molecule has 0 radical (unpaired) electrons. The smallest absolute Gasteiger partial charge is 0.407 e. The number of aromatic nitrogens is 2. The number of hydrogen-bond acceptors (Lipinski definition) is 7. The lowest BCUT2D eigenvalue weighted by Gasteiger charge is -2.32. The third-order valence-corrected chi connectivity index (χ3v) is 3.54. The fourth-order valence-electron chi connectivity index (χ4n) is 2.28. The summed E-state index contributed by atoms with van der Waals surface area (Å²) in [5.41, 5.74) is 0.332. The van der Waals surface area contributed by atoms with E-state index >= 15 is 0 Å². The lowest BCUT2D eigenvalue weighted by Crippen LogP contribution is -2.52. The molecule has 1 aliphatic rings. The molecule has 0 aliphatic carbocycles. The summed E-state index contributed by atoms with van der Waals surface area (Å²) < 4.78 is 0. The molecular formula is C14H20N6O4. The molecule has 3 N–H and O–H groups in total. The maximum atomic E-state index is 11.9. The molecule has 0 bridgehead atoms. The van der Waals surface area contributed by atoms with Crippen molar-refractivity contribution in [3.05, 3.63) is 11.8 Å². The highest BCUT2D eigenvalue weighted by Crippen LogP contribution is 2.12. The van der Waals surface area contributed by atoms with E-state index in [9.17, 15) is 14.4 Å². The SMILES string of the molecule is CCNc1ncc(C=O)c(NCCN2CCN(C(=O)O)CC2=O)n1. The minimum Gasteiger partial charge on any atom is -0.465 e. The number of piperazine rings is 1. The summed E-state index contributed by atoms with van der Waals surface area (Å²) in [5, 5.41) is 14.9. The molecule has 0 aromatic carbocycles. The molecule has 1 fully saturated rings. The van der Waals surface area contributed by atoms with Crippen LogP contribution in [0.5, 0.6) is 0 Å². The molecule has 2 amide bonds. The lowest BCUT2D eigenvalue weighted by molar-refractivity contribution is -0.135. The molecule has 1 aromatic heterocycles. The van der Waals surface area contributed by atoms with Gasteiger partial charge in [0, 0.05) is 38.9 Å². The Kier molecular flexibility index (Phi) is 5.88. The molecule has 2 rings (SSSR count). The second-order valence-electron chi connectivity index (χ2n) is 5.16. The van der Waals surface area contributed by atoms with Gasteiger partial charge in [0.2, 0.25) is 11.9 Å². The van der Waals surface area contributed by atoms with Crippen molar-refractivity contribution >= 4 is 30.1 Å². The van der Waals surface area contributed by atoms with Gasteiger partial charge < -0.3 is 20.6 Å². The van der Waals surface area contributed by atoms with E-state index in [1.165, 1.54) is 6.20 Å². The maximum absolute atomic E-state index is 11.9. The topological polar surface area (TPSA) is 128 Å². The van der Waals surface area contributed by atoms with E-state index in [0.717, 1.165) is 4.90 Å². The van der Waals surface area contributed by atoms with Crippen LogP contribution in [0.15, 0.2) is 6.20 Å². The van der Waals surface area contributed by atoms with E-state index in [2.05, 4.69) is 20.6 Å². The van der Waals surface area contributed by atoms with Gasteiger partial charge in [-0.25, -0.2) is 9.78 Å². The van der Waals surface area contributed by atoms with Crippen LogP contribution in [0.3, 0.4) is 0 Å². The molecule has 0 unspecified atom stereocenters. The maximum Gasteiger partial charge on any atom is 0.407 e. The van der Waals surface area contributed by atoms with E-state index in [-0.39, 0.29) is 12.5 Å². The Balaban J connectivity index is 1.90. The van der Waals surface area contributed by atoms with E-state index in [4.69, 9.17) is 5.11 Å². The van der Waals surface area contributed by atoms with E-state index in [0.29, 0.717) is 56.3 Å². The second-order valence-corrected chi connectivity index (χ2v) is 5.16. The number of carbonyl (C=O) groups is 3. The van der Waals surface area contributed by atoms with Crippen molar-refractivity contribution in [3.8, 4) is 0 Å². The van der Waals surface area contributed by atoms with Crippen molar-refractivity contribution in [2.45, 2.75) is 6.92 Å². The minimum absolute atomic E-state index is 0.132. The van der Waals surface area contributed by atoms with Gasteiger partial charge in [0.05, 0.1) is 5.56 Å². The van der Waals surface area contributed by atoms with Crippen molar-refractivity contribution in [3.63, 3.8) is 0 Å². The van der Waals surface area contributed by atoms with Crippen LogP contribution in [0.4, 0.5) is 16.6 Å². The van der Waals surface area contributed by atoms with Crippen LogP contribution in [0.2, 0.25) is 0 Å². The summed E-state index contributed by atoms with van der Waals surface area (Å²) in [6, 6.07) is 0. The average molecular weight is 336 g/mol. The van der Waals surface area contributed by atoms with Crippen LogP contribution in [0.1, 0.15) is 17.3 Å². The Morgan fingerprint density at radius 3 is 2.83 bits per heavy atom. The first-order valence-electron chi connectivity index (χ1n) is 7.60. The Labute approximate surface area is 138 Å². The molecule has 0 spiro atoms. The number of anilines is 2. The number of carboxylic acid groups (broad SMARTS) is 1. The molecule has 10 nitrogen and oxygen atoms in total. The first-order valence-corrected chi connectivity index (χ1v) is 7.60. The number of nitrogens with zero attached hydrogens (tertiary/aromatic N) is 4. The molecule has 130 valence electrons. The number of carbonyl (C=O) groups excluding carboxylic acids is 2. The van der Waals surface area contributed by atoms with Gasteiger partial charge in [-0.1, -0.05) is 0 Å². The van der Waals surface area contributed by atoms with Crippen LogP contribution >= 0.6 is 0 Å². The summed E-state index contributed by atoms with van der Waals surface area (Å²) in [5.74, 6) is 0.571. The zero-order valence-corrected chi connectivity index (χ0v) is 13.4. The predicted octanol–water partition coefficient (Wildman–Crippen LogP) is -0.0450. The van der Waals surface area contributed by atoms with Gasteiger partial charge in [0.15, 0.2) is 6.29 Å². The van der Waals surface area contributed by atoms with Gasteiger partial charge in [0.25, 0.3) is 0 Å². The highest BCUT2D eigenvalue weighted by Gasteiger charge is 2.26. The first kappa shape index (κ1) is 17.4. The third kappa shape index (κ3) is 4.31. The van der Waals surface area contributed by atoms with E-state index < -0.39 is 6.09 Å². The molecule has 10 heteroatoms. The highest BCUT2D eigenvalue weighted by atomic mass is 16.4. The zero-order chi connectivity index (χ0) is 17.5. The molecule has 2 heterocycles. The molecule has 1 aliphatic heterocycles. The largest absolute Gasteiger partial charge is 0.465 e. The first-order chi connectivity index (χ1) is 11.5. The molecule has 1 saturated heterocycles. The molecule has 24 heavy (non-hydrogen) atoms. The fourth-order valence-corrected chi connectivity index (χ4v) is 2.28. The van der Waals surface area contributed by atoms with Crippen LogP contribution in [-0.4, -0.2) is 82.4 Å². The Morgan fingerprint density at radius 1 is 1.42 bits per heavy atom. The zero-order valence-electron chi connectivity index (χ0n) is 13.4. The number of hydrogen-bond donors (Lipinski definition) is 3. The molecule has 0 saturated carbocycles. The van der Waals surface area contributed by atoms with Gasteiger partial charge >= 0.3 is 6.09 Å². The summed E-state index contributed by atoms with van der Waals surface area (Å²) >= 11 is 0. The molecular weight excluding hydrogens is 316 g/mol. The van der Waals surface area contributed by atoms with Gasteiger partial charge in [-0.15, -0.1) is 0 Å². The standard InChI is InChI=1S/C14H20N6O4/c1-2-15-13-17-7-10(9-21)12(18-13)16-3-4-19-5-6-20(14(23)24)8-11(19)22/h7,9H,2-6,8H2,1H3,(H,23,24)(H2,15,16,17,18). The van der Waals surface area contributed by atoms with Gasteiger partial charge in [-0.2, -0.15) is 4.98 Å². The van der Waals surface area contributed by atoms with Gasteiger partial charge in [-0.05, 0) is 6.92 Å². The summed E-state index contributed by atoms with van der Waals surface area (Å²) in [6.07, 6.45) is 1.00. The van der Waals surface area contributed by atoms with Crippen LogP contribution in [0, 0.1) is 0 Å². The Bertz CT molecular complexity index is 623. The van der Waals surface area contributed by atoms with E-state index in [1.54, 1.807) is 4.90 Å². The Morgan fingerprint density at radius 2 is 2.21 bits per heavy atom. The van der Waals surface area contributed by atoms with Crippen molar-refractivity contribution < 1.29 is 19.5 Å². The van der Waals surface area contributed by atoms with Gasteiger partial charge in [0.1, 0.15) is 12.4 Å². The number of rotatable bonds is 7. The predicted molar refractivity (Wildman–Crippen MR) is 86.3 cm³/mol. The van der Waals surface area contributed by atoms with Crippen molar-refractivity contribution in [2.75, 3.05) is 49.9 Å².